The molecule has 1 aliphatic heterocycles. The van der Waals surface area contributed by atoms with Crippen LogP contribution in [0.3, 0.4) is 0 Å². The number of hydrogen-bond acceptors (Lipinski definition) is 4. The highest BCUT2D eigenvalue weighted by Gasteiger charge is 2.31. The number of rotatable bonds is 4. The molecular formula is C26H25ClN4O. The molecule has 5 rings (SSSR count). The van der Waals surface area contributed by atoms with Crippen LogP contribution in [0.5, 0.6) is 0 Å². The van der Waals surface area contributed by atoms with Crippen LogP contribution >= 0.6 is 11.6 Å². The second-order valence-electron chi connectivity index (χ2n) is 8.48. The molecule has 162 valence electrons. The Balaban J connectivity index is 1.28. The van der Waals surface area contributed by atoms with E-state index >= 15 is 0 Å². The van der Waals surface area contributed by atoms with Gasteiger partial charge in [0, 0.05) is 48.5 Å². The van der Waals surface area contributed by atoms with Gasteiger partial charge in [0.05, 0.1) is 11.6 Å². The lowest BCUT2D eigenvalue weighted by atomic mass is 10.0. The van der Waals surface area contributed by atoms with Crippen molar-refractivity contribution < 1.29 is 4.79 Å². The summed E-state index contributed by atoms with van der Waals surface area (Å²) in [6.45, 7) is 4.87. The number of hydrogen-bond donors (Lipinski definition) is 1. The van der Waals surface area contributed by atoms with Crippen molar-refractivity contribution >= 4 is 44.9 Å². The molecule has 0 spiro atoms. The minimum Gasteiger partial charge on any atom is -0.398 e. The summed E-state index contributed by atoms with van der Waals surface area (Å²) >= 11 is 6.10. The zero-order valence-corrected chi connectivity index (χ0v) is 18.7. The molecule has 1 aliphatic rings. The maximum atomic E-state index is 13.1. The highest BCUT2D eigenvalue weighted by atomic mass is 35.5. The fourth-order valence-electron chi connectivity index (χ4n) is 4.48. The highest BCUT2D eigenvalue weighted by molar-refractivity contribution is 6.31. The van der Waals surface area contributed by atoms with Crippen molar-refractivity contribution in [1.82, 2.24) is 14.8 Å². The van der Waals surface area contributed by atoms with Gasteiger partial charge in [0.2, 0.25) is 5.91 Å². The van der Waals surface area contributed by atoms with Gasteiger partial charge < -0.3 is 10.6 Å². The molecule has 0 radical (unpaired) electrons. The average Bonchev–Trinajstić information content (AvgIpc) is 2.79. The zero-order valence-electron chi connectivity index (χ0n) is 18.0. The lowest BCUT2D eigenvalue weighted by molar-refractivity contribution is -0.142. The van der Waals surface area contributed by atoms with Gasteiger partial charge in [-0.15, -0.1) is 0 Å². The van der Waals surface area contributed by atoms with Gasteiger partial charge in [-0.1, -0.05) is 41.9 Å². The number of anilines is 1. The number of carbonyl (C=O) groups is 1. The van der Waals surface area contributed by atoms with Crippen molar-refractivity contribution in [2.75, 3.05) is 18.8 Å². The minimum atomic E-state index is -0.168. The summed E-state index contributed by atoms with van der Waals surface area (Å²) in [4.78, 5) is 21.7. The highest BCUT2D eigenvalue weighted by Crippen LogP contribution is 2.24. The van der Waals surface area contributed by atoms with Gasteiger partial charge in [0.15, 0.2) is 0 Å². The van der Waals surface area contributed by atoms with Gasteiger partial charge in [-0.3, -0.25) is 14.7 Å². The molecule has 5 nitrogen and oxygen atoms in total. The van der Waals surface area contributed by atoms with E-state index in [4.69, 9.17) is 17.3 Å². The Kier molecular flexibility index (Phi) is 5.45. The van der Waals surface area contributed by atoms with E-state index in [9.17, 15) is 4.79 Å². The predicted molar refractivity (Wildman–Crippen MR) is 130 cm³/mol. The van der Waals surface area contributed by atoms with Gasteiger partial charge >= 0.3 is 0 Å². The number of piperazine rings is 1. The van der Waals surface area contributed by atoms with Crippen LogP contribution in [0.15, 0.2) is 66.9 Å². The predicted octanol–water partition coefficient (Wildman–Crippen LogP) is 4.86. The molecule has 3 aromatic carbocycles. The van der Waals surface area contributed by atoms with Crippen LogP contribution in [0.4, 0.5) is 5.69 Å². The fraction of sp³-hybridized carbons (Fsp3) is 0.231. The topological polar surface area (TPSA) is 62.5 Å². The Hall–Kier alpha value is -3.15. The summed E-state index contributed by atoms with van der Waals surface area (Å²) in [5.41, 5.74) is 9.88. The third kappa shape index (κ3) is 4.01. The first-order chi connectivity index (χ1) is 15.5. The summed E-state index contributed by atoms with van der Waals surface area (Å²) in [6, 6.07) is 20.0. The summed E-state index contributed by atoms with van der Waals surface area (Å²) in [5.74, 6) is 0.157. The SMILES string of the molecule is C[C@H]1C(=O)N(Cc2ccc3c(N)ccnc3c2)CCN1Cc1ccc2cc(Cl)ccc2c1. The lowest BCUT2D eigenvalue weighted by Gasteiger charge is -2.39. The van der Waals surface area contributed by atoms with Crippen LogP contribution in [0.2, 0.25) is 5.02 Å². The normalized spacial score (nSPS) is 17.4. The molecular weight excluding hydrogens is 420 g/mol. The minimum absolute atomic E-state index is 0.157. The van der Waals surface area contributed by atoms with Gasteiger partial charge in [0.1, 0.15) is 0 Å². The number of halogens is 1. The van der Waals surface area contributed by atoms with E-state index in [0.29, 0.717) is 13.1 Å². The molecule has 6 heteroatoms. The third-order valence-electron chi connectivity index (χ3n) is 6.34. The zero-order chi connectivity index (χ0) is 22.2. The monoisotopic (exact) mass is 444 g/mol. The standard InChI is InChI=1S/C26H25ClN4O/c1-17-26(32)31(16-19-3-7-23-24(28)8-9-29-25(23)13-19)11-10-30(17)15-18-2-4-21-14-22(27)6-5-20(21)12-18/h2-9,12-14,17H,10-11,15-16H2,1H3,(H2,28,29)/t17-/m0/s1. The number of nitrogen functional groups attached to an aromatic ring is 1. The van der Waals surface area contributed by atoms with Gasteiger partial charge in [0.25, 0.3) is 0 Å². The van der Waals surface area contributed by atoms with E-state index in [1.54, 1.807) is 12.3 Å². The number of nitrogens with two attached hydrogens (primary N) is 1. The Bertz CT molecular complexity index is 1320. The number of pyridine rings is 1. The molecule has 1 atom stereocenters. The van der Waals surface area contributed by atoms with E-state index in [0.717, 1.165) is 51.0 Å². The molecule has 32 heavy (non-hydrogen) atoms. The molecule has 0 bridgehead atoms. The smallest absolute Gasteiger partial charge is 0.239 e. The van der Waals surface area contributed by atoms with E-state index < -0.39 is 0 Å². The maximum Gasteiger partial charge on any atom is 0.239 e. The van der Waals surface area contributed by atoms with Gasteiger partial charge in [-0.2, -0.15) is 0 Å². The molecule has 1 fully saturated rings. The molecule has 1 saturated heterocycles. The van der Waals surface area contributed by atoms with E-state index in [1.165, 1.54) is 5.56 Å². The first kappa shape index (κ1) is 20.7. The molecule has 1 aromatic heterocycles. The molecule has 0 saturated carbocycles. The van der Waals surface area contributed by atoms with Crippen LogP contribution in [-0.4, -0.2) is 39.8 Å². The summed E-state index contributed by atoms with van der Waals surface area (Å²) in [6.07, 6.45) is 1.72. The number of benzene rings is 3. The molecule has 4 aromatic rings. The number of amides is 1. The van der Waals surface area contributed by atoms with Crippen LogP contribution in [0.25, 0.3) is 21.7 Å². The van der Waals surface area contributed by atoms with Crippen molar-refractivity contribution in [3.63, 3.8) is 0 Å². The van der Waals surface area contributed by atoms with Crippen LogP contribution in [0, 0.1) is 0 Å². The van der Waals surface area contributed by atoms with E-state index in [2.05, 4.69) is 28.1 Å². The average molecular weight is 445 g/mol. The largest absolute Gasteiger partial charge is 0.398 e. The summed E-state index contributed by atoms with van der Waals surface area (Å²) < 4.78 is 0. The van der Waals surface area contributed by atoms with Crippen molar-refractivity contribution in [2.45, 2.75) is 26.1 Å². The summed E-state index contributed by atoms with van der Waals surface area (Å²) in [7, 11) is 0. The molecule has 1 amide bonds. The second-order valence-corrected chi connectivity index (χ2v) is 8.92. The first-order valence-corrected chi connectivity index (χ1v) is 11.2. The van der Waals surface area contributed by atoms with Crippen LogP contribution in [0.1, 0.15) is 18.1 Å². The van der Waals surface area contributed by atoms with Gasteiger partial charge in [-0.05, 0) is 59.2 Å². The quantitative estimate of drug-likeness (QED) is 0.488. The Morgan fingerprint density at radius 3 is 2.59 bits per heavy atom. The number of carbonyl (C=O) groups excluding carboxylic acids is 1. The second kappa shape index (κ2) is 8.41. The first-order valence-electron chi connectivity index (χ1n) is 10.8. The number of nitrogens with zero attached hydrogens (tertiary/aromatic N) is 3. The van der Waals surface area contributed by atoms with Crippen molar-refractivity contribution in [2.24, 2.45) is 0 Å². The maximum absolute atomic E-state index is 13.1. The van der Waals surface area contributed by atoms with Crippen molar-refractivity contribution in [1.29, 1.82) is 0 Å². The Morgan fingerprint density at radius 2 is 1.72 bits per heavy atom. The van der Waals surface area contributed by atoms with Crippen LogP contribution < -0.4 is 5.73 Å². The lowest BCUT2D eigenvalue weighted by Crippen LogP contribution is -2.54. The molecule has 2 heterocycles. The summed E-state index contributed by atoms with van der Waals surface area (Å²) in [5, 5.41) is 3.97. The Labute approximate surface area is 192 Å². The Morgan fingerprint density at radius 1 is 0.969 bits per heavy atom. The van der Waals surface area contributed by atoms with E-state index in [-0.39, 0.29) is 11.9 Å². The fourth-order valence-corrected chi connectivity index (χ4v) is 4.66. The number of aromatic nitrogens is 1. The van der Waals surface area contributed by atoms with Crippen molar-refractivity contribution in [3.05, 3.63) is 83.0 Å². The molecule has 2 N–H and O–H groups in total. The van der Waals surface area contributed by atoms with Crippen LogP contribution in [-0.2, 0) is 17.9 Å². The molecule has 0 unspecified atom stereocenters. The number of fused-ring (bicyclic) bond motifs is 2. The van der Waals surface area contributed by atoms with E-state index in [1.807, 2.05) is 48.2 Å². The van der Waals surface area contributed by atoms with Crippen molar-refractivity contribution in [3.8, 4) is 0 Å². The van der Waals surface area contributed by atoms with Gasteiger partial charge in [-0.25, -0.2) is 0 Å². The third-order valence-corrected chi connectivity index (χ3v) is 6.58. The molecule has 0 aliphatic carbocycles.